The first-order chi connectivity index (χ1) is 11.8. The van der Waals surface area contributed by atoms with Crippen LogP contribution in [0.5, 0.6) is 5.75 Å². The zero-order valence-corrected chi connectivity index (χ0v) is 13.9. The fourth-order valence-corrected chi connectivity index (χ4v) is 2.58. The summed E-state index contributed by atoms with van der Waals surface area (Å²) in [5, 5.41) is 6.67. The van der Waals surface area contributed by atoms with E-state index in [1.165, 1.54) is 25.0 Å². The van der Waals surface area contributed by atoms with E-state index in [9.17, 15) is 4.39 Å². The monoisotopic (exact) mass is 337 g/mol. The number of benzene rings is 1. The largest absolute Gasteiger partial charge is 0.467 e. The van der Waals surface area contributed by atoms with Gasteiger partial charge in [0.25, 0.3) is 0 Å². The zero-order chi connectivity index (χ0) is 16.8. The van der Waals surface area contributed by atoms with E-state index in [1.807, 2.05) is 0 Å². The van der Waals surface area contributed by atoms with E-state index in [1.54, 1.807) is 7.11 Å². The Hall–Kier alpha value is -1.86. The average molecular weight is 337 g/mol. The van der Waals surface area contributed by atoms with Gasteiger partial charge in [-0.25, -0.2) is 4.39 Å². The van der Waals surface area contributed by atoms with Crippen molar-refractivity contribution in [2.24, 2.45) is 4.99 Å². The zero-order valence-electron chi connectivity index (χ0n) is 13.9. The van der Waals surface area contributed by atoms with E-state index in [0.717, 1.165) is 22.8 Å². The molecule has 3 rings (SSSR count). The number of hydrogen-bond donors (Lipinski definition) is 2. The maximum absolute atomic E-state index is 13.7. The van der Waals surface area contributed by atoms with Crippen LogP contribution in [-0.2, 0) is 22.5 Å². The van der Waals surface area contributed by atoms with Crippen LogP contribution in [0.4, 0.5) is 4.39 Å². The van der Waals surface area contributed by atoms with E-state index in [-0.39, 0.29) is 12.6 Å². The number of fused-ring (bicyclic) bond motifs is 1. The van der Waals surface area contributed by atoms with Gasteiger partial charge in [0.2, 0.25) is 0 Å². The maximum atomic E-state index is 13.7. The molecule has 1 saturated carbocycles. The lowest BCUT2D eigenvalue weighted by molar-refractivity contribution is -0.0172. The SMILES string of the molecule is COCCN=C(NCCc1cc(F)cc2c1OCOC2)NC1CC1. The van der Waals surface area contributed by atoms with Crippen molar-refractivity contribution < 1.29 is 18.6 Å². The Labute approximate surface area is 141 Å². The molecule has 2 aliphatic rings. The number of aliphatic imine (C=N–C) groups is 1. The van der Waals surface area contributed by atoms with Gasteiger partial charge < -0.3 is 24.8 Å². The molecule has 2 N–H and O–H groups in total. The fraction of sp³-hybridized carbons (Fsp3) is 0.588. The van der Waals surface area contributed by atoms with Crippen molar-refractivity contribution in [3.05, 3.63) is 29.1 Å². The van der Waals surface area contributed by atoms with Gasteiger partial charge >= 0.3 is 0 Å². The van der Waals surface area contributed by atoms with E-state index in [2.05, 4.69) is 15.6 Å². The number of rotatable bonds is 7. The Balaban J connectivity index is 1.57. The molecule has 0 bridgehead atoms. The second kappa shape index (κ2) is 8.30. The lowest BCUT2D eigenvalue weighted by atomic mass is 10.1. The predicted molar refractivity (Wildman–Crippen MR) is 88.7 cm³/mol. The molecule has 7 heteroatoms. The molecule has 1 aromatic carbocycles. The van der Waals surface area contributed by atoms with Gasteiger partial charge in [-0.05, 0) is 37.0 Å². The van der Waals surface area contributed by atoms with Gasteiger partial charge in [0.1, 0.15) is 11.6 Å². The molecule has 1 aliphatic heterocycles. The Morgan fingerprint density at radius 1 is 1.42 bits per heavy atom. The number of methoxy groups -OCH3 is 1. The van der Waals surface area contributed by atoms with Gasteiger partial charge in [-0.3, -0.25) is 4.99 Å². The third-order valence-electron chi connectivity index (χ3n) is 3.92. The molecule has 1 aromatic rings. The molecule has 0 atom stereocenters. The maximum Gasteiger partial charge on any atom is 0.191 e. The van der Waals surface area contributed by atoms with Gasteiger partial charge in [0.05, 0.1) is 19.8 Å². The van der Waals surface area contributed by atoms with Crippen LogP contribution in [0.2, 0.25) is 0 Å². The first-order valence-corrected chi connectivity index (χ1v) is 8.32. The Morgan fingerprint density at radius 3 is 3.08 bits per heavy atom. The van der Waals surface area contributed by atoms with Crippen molar-refractivity contribution in [3.63, 3.8) is 0 Å². The minimum absolute atomic E-state index is 0.214. The number of halogens is 1. The molecule has 1 fully saturated rings. The molecule has 1 heterocycles. The first kappa shape index (κ1) is 17.0. The van der Waals surface area contributed by atoms with Crippen LogP contribution in [0.25, 0.3) is 0 Å². The highest BCUT2D eigenvalue weighted by atomic mass is 19.1. The Bertz CT molecular complexity index is 591. The second-order valence-corrected chi connectivity index (χ2v) is 5.98. The Kier molecular flexibility index (Phi) is 5.87. The molecule has 6 nitrogen and oxygen atoms in total. The van der Waals surface area contributed by atoms with Crippen molar-refractivity contribution in [1.29, 1.82) is 0 Å². The van der Waals surface area contributed by atoms with Gasteiger partial charge in [-0.15, -0.1) is 0 Å². The van der Waals surface area contributed by atoms with Crippen LogP contribution in [0, 0.1) is 5.82 Å². The molecule has 0 saturated heterocycles. The molecular formula is C17H24FN3O3. The van der Waals surface area contributed by atoms with Gasteiger partial charge in [0.15, 0.2) is 12.8 Å². The third kappa shape index (κ3) is 4.82. The number of nitrogens with zero attached hydrogens (tertiary/aromatic N) is 1. The molecule has 0 radical (unpaired) electrons. The van der Waals surface area contributed by atoms with Gasteiger partial charge in [-0.1, -0.05) is 0 Å². The highest BCUT2D eigenvalue weighted by molar-refractivity contribution is 5.80. The van der Waals surface area contributed by atoms with Gasteiger partial charge in [0, 0.05) is 25.3 Å². The molecule has 1 aliphatic carbocycles. The normalized spacial score (nSPS) is 17.2. The van der Waals surface area contributed by atoms with Crippen LogP contribution >= 0.6 is 0 Å². The highest BCUT2D eigenvalue weighted by Crippen LogP contribution is 2.29. The van der Waals surface area contributed by atoms with Crippen molar-refractivity contribution >= 4 is 5.96 Å². The molecular weight excluding hydrogens is 313 g/mol. The quantitative estimate of drug-likeness (QED) is 0.449. The summed E-state index contributed by atoms with van der Waals surface area (Å²) in [6, 6.07) is 3.51. The number of ether oxygens (including phenoxy) is 3. The lowest BCUT2D eigenvalue weighted by Gasteiger charge is -2.21. The first-order valence-electron chi connectivity index (χ1n) is 8.32. The number of guanidine groups is 1. The topological polar surface area (TPSA) is 64.1 Å². The lowest BCUT2D eigenvalue weighted by Crippen LogP contribution is -2.40. The molecule has 132 valence electrons. The summed E-state index contributed by atoms with van der Waals surface area (Å²) in [7, 11) is 1.66. The van der Waals surface area contributed by atoms with Gasteiger partial charge in [-0.2, -0.15) is 0 Å². The summed E-state index contributed by atoms with van der Waals surface area (Å²) in [6.07, 6.45) is 3.00. The smallest absolute Gasteiger partial charge is 0.191 e. The summed E-state index contributed by atoms with van der Waals surface area (Å²) in [6.45, 7) is 2.44. The van der Waals surface area contributed by atoms with Crippen LogP contribution in [0.15, 0.2) is 17.1 Å². The van der Waals surface area contributed by atoms with E-state index < -0.39 is 0 Å². The molecule has 24 heavy (non-hydrogen) atoms. The fourth-order valence-electron chi connectivity index (χ4n) is 2.58. The highest BCUT2D eigenvalue weighted by Gasteiger charge is 2.22. The van der Waals surface area contributed by atoms with Crippen molar-refractivity contribution in [2.45, 2.75) is 31.9 Å². The Morgan fingerprint density at radius 2 is 2.29 bits per heavy atom. The number of nitrogens with one attached hydrogen (secondary N) is 2. The van der Waals surface area contributed by atoms with E-state index in [0.29, 0.717) is 38.8 Å². The average Bonchev–Trinajstić information content (AvgIpc) is 3.38. The number of hydrogen-bond acceptors (Lipinski definition) is 4. The van der Waals surface area contributed by atoms with E-state index >= 15 is 0 Å². The third-order valence-corrected chi connectivity index (χ3v) is 3.92. The summed E-state index contributed by atoms with van der Waals surface area (Å²) in [4.78, 5) is 4.47. The summed E-state index contributed by atoms with van der Waals surface area (Å²) in [5.41, 5.74) is 1.62. The standard InChI is InChI=1S/C17H24FN3O3/c1-22-7-6-20-17(21-15-2-3-15)19-5-4-12-8-14(18)9-13-10-23-11-24-16(12)13/h8-9,15H,2-7,10-11H2,1H3,(H2,19,20,21). The minimum Gasteiger partial charge on any atom is -0.467 e. The summed E-state index contributed by atoms with van der Waals surface area (Å²) < 4.78 is 29.5. The predicted octanol–water partition coefficient (Wildman–Crippen LogP) is 1.58. The van der Waals surface area contributed by atoms with Crippen LogP contribution in [0.1, 0.15) is 24.0 Å². The summed E-state index contributed by atoms with van der Waals surface area (Å²) in [5.74, 6) is 1.27. The molecule has 0 spiro atoms. The minimum atomic E-state index is -0.261. The molecule has 0 unspecified atom stereocenters. The van der Waals surface area contributed by atoms with Crippen LogP contribution in [0.3, 0.4) is 0 Å². The van der Waals surface area contributed by atoms with Crippen LogP contribution < -0.4 is 15.4 Å². The molecule has 0 aromatic heterocycles. The van der Waals surface area contributed by atoms with E-state index in [4.69, 9.17) is 14.2 Å². The summed E-state index contributed by atoms with van der Waals surface area (Å²) >= 11 is 0. The van der Waals surface area contributed by atoms with Crippen LogP contribution in [-0.4, -0.2) is 45.6 Å². The van der Waals surface area contributed by atoms with Crippen molar-refractivity contribution in [3.8, 4) is 5.75 Å². The van der Waals surface area contributed by atoms with Crippen molar-refractivity contribution in [1.82, 2.24) is 10.6 Å². The second-order valence-electron chi connectivity index (χ2n) is 5.98. The molecule has 0 amide bonds. The van der Waals surface area contributed by atoms with Crippen molar-refractivity contribution in [2.75, 3.05) is 33.6 Å².